The first-order chi connectivity index (χ1) is 17.9. The Labute approximate surface area is 213 Å². The van der Waals surface area contributed by atoms with Crippen molar-refractivity contribution in [2.75, 3.05) is 19.0 Å². The fourth-order valence-electron chi connectivity index (χ4n) is 6.53. The van der Waals surface area contributed by atoms with Gasteiger partial charge in [0.1, 0.15) is 12.4 Å². The van der Waals surface area contributed by atoms with Gasteiger partial charge in [-0.2, -0.15) is 0 Å². The smallest absolute Gasteiger partial charge is 0.256 e. The number of fused-ring (bicyclic) bond motifs is 4. The Bertz CT molecular complexity index is 1380. The molecule has 3 aromatic carbocycles. The highest BCUT2D eigenvalue weighted by Crippen LogP contribution is 2.58. The summed E-state index contributed by atoms with van der Waals surface area (Å²) in [5.41, 5.74) is 1.47. The van der Waals surface area contributed by atoms with Crippen molar-refractivity contribution in [3.05, 3.63) is 99.4 Å². The number of rotatable bonds is 6. The van der Waals surface area contributed by atoms with E-state index >= 15 is 0 Å². The van der Waals surface area contributed by atoms with Crippen LogP contribution in [0.15, 0.2) is 66.7 Å². The number of benzene rings is 3. The van der Waals surface area contributed by atoms with Gasteiger partial charge >= 0.3 is 0 Å². The lowest BCUT2D eigenvalue weighted by Crippen LogP contribution is -2.55. The summed E-state index contributed by atoms with van der Waals surface area (Å²) in [5.74, 6) is -0.248. The van der Waals surface area contributed by atoms with Crippen molar-refractivity contribution >= 4 is 11.6 Å². The number of hydrogen-bond donors (Lipinski definition) is 1. The Morgan fingerprint density at radius 2 is 1.92 bits per heavy atom. The molecule has 190 valence electrons. The summed E-state index contributed by atoms with van der Waals surface area (Å²) in [5, 5.41) is 15.7. The largest absolute Gasteiger partial charge is 0.493 e. The van der Waals surface area contributed by atoms with E-state index in [0.717, 1.165) is 24.0 Å². The number of halogens is 1. The van der Waals surface area contributed by atoms with Crippen LogP contribution in [0.3, 0.4) is 0 Å². The first-order valence-electron chi connectivity index (χ1n) is 12.3. The highest BCUT2D eigenvalue weighted by atomic mass is 19.1. The molecule has 0 unspecified atom stereocenters. The van der Waals surface area contributed by atoms with Crippen molar-refractivity contribution in [2.24, 2.45) is 0 Å². The minimum atomic E-state index is -1.36. The predicted molar refractivity (Wildman–Crippen MR) is 134 cm³/mol. The zero-order chi connectivity index (χ0) is 25.7. The standard InChI is InChI=1S/C28H26FN3O5/c1-36-24-15-18(10-13-23(24)37-16-17-8-11-19(29)12-9-17)25-22-7-4-14-31(22)28(26(25)32(34)35)20-5-2-3-6-21(20)30-27(28)33/h2-3,5-6,8-13,15,22,25-26H,4,7,14,16H2,1H3,(H,30,33)/t22-,25+,26-,28+/m0/s1. The molecule has 2 saturated heterocycles. The Morgan fingerprint density at radius 1 is 1.14 bits per heavy atom. The van der Waals surface area contributed by atoms with Gasteiger partial charge in [-0.3, -0.25) is 19.8 Å². The molecule has 37 heavy (non-hydrogen) atoms. The maximum atomic E-state index is 13.6. The fourth-order valence-corrected chi connectivity index (χ4v) is 6.53. The number of carbonyl (C=O) groups is 1. The molecule has 0 aliphatic carbocycles. The molecule has 1 amide bonds. The van der Waals surface area contributed by atoms with Crippen LogP contribution < -0.4 is 14.8 Å². The summed E-state index contributed by atoms with van der Waals surface area (Å²) in [6, 6.07) is 17.4. The van der Waals surface area contributed by atoms with E-state index in [0.29, 0.717) is 29.3 Å². The van der Waals surface area contributed by atoms with E-state index in [4.69, 9.17) is 9.47 Å². The summed E-state index contributed by atoms with van der Waals surface area (Å²) in [6.45, 7) is 0.830. The third-order valence-electron chi connectivity index (χ3n) is 7.97. The summed E-state index contributed by atoms with van der Waals surface area (Å²) < 4.78 is 24.8. The third-order valence-corrected chi connectivity index (χ3v) is 7.97. The van der Waals surface area contributed by atoms with Crippen molar-refractivity contribution in [3.8, 4) is 11.5 Å². The monoisotopic (exact) mass is 503 g/mol. The molecule has 9 heteroatoms. The number of ether oxygens (including phenoxy) is 2. The molecule has 6 rings (SSSR count). The normalized spacial score (nSPS) is 26.1. The Balaban J connectivity index is 1.39. The number of nitrogens with one attached hydrogen (secondary N) is 1. The second-order valence-corrected chi connectivity index (χ2v) is 9.75. The van der Waals surface area contributed by atoms with Crippen molar-refractivity contribution in [1.82, 2.24) is 4.90 Å². The number of amides is 1. The lowest BCUT2D eigenvalue weighted by molar-refractivity contribution is -0.534. The van der Waals surface area contributed by atoms with Gasteiger partial charge in [-0.25, -0.2) is 4.39 Å². The van der Waals surface area contributed by atoms with Crippen LogP contribution in [0.4, 0.5) is 10.1 Å². The molecule has 8 nitrogen and oxygen atoms in total. The summed E-state index contributed by atoms with van der Waals surface area (Å²) in [7, 11) is 1.52. The lowest BCUT2D eigenvalue weighted by Gasteiger charge is -2.32. The Morgan fingerprint density at radius 3 is 2.68 bits per heavy atom. The van der Waals surface area contributed by atoms with Crippen molar-refractivity contribution in [3.63, 3.8) is 0 Å². The van der Waals surface area contributed by atoms with E-state index in [1.807, 2.05) is 24.3 Å². The summed E-state index contributed by atoms with van der Waals surface area (Å²) in [6.07, 6.45) is 1.62. The minimum absolute atomic E-state index is 0.164. The van der Waals surface area contributed by atoms with Gasteiger partial charge in [-0.15, -0.1) is 0 Å². The molecule has 3 aromatic rings. The Hall–Kier alpha value is -3.98. The van der Waals surface area contributed by atoms with Crippen LogP contribution >= 0.6 is 0 Å². The molecule has 4 atom stereocenters. The molecule has 3 aliphatic heterocycles. The van der Waals surface area contributed by atoms with Crippen LogP contribution in [0, 0.1) is 15.9 Å². The summed E-state index contributed by atoms with van der Waals surface area (Å²) in [4.78, 5) is 28.1. The molecule has 3 heterocycles. The molecule has 0 bridgehead atoms. The second kappa shape index (κ2) is 8.85. The van der Waals surface area contributed by atoms with Crippen molar-refractivity contribution < 1.29 is 23.6 Å². The average molecular weight is 504 g/mol. The molecule has 1 N–H and O–H groups in total. The average Bonchev–Trinajstić information content (AvgIpc) is 3.56. The fraction of sp³-hybridized carbons (Fsp3) is 0.321. The number of methoxy groups -OCH3 is 1. The van der Waals surface area contributed by atoms with Gasteiger partial charge in [-0.05, 0) is 54.3 Å². The quantitative estimate of drug-likeness (QED) is 0.394. The lowest BCUT2D eigenvalue weighted by atomic mass is 9.77. The predicted octanol–water partition coefficient (Wildman–Crippen LogP) is 4.47. The van der Waals surface area contributed by atoms with Crippen molar-refractivity contribution in [1.29, 1.82) is 0 Å². The van der Waals surface area contributed by atoms with Gasteiger partial charge in [0.2, 0.25) is 0 Å². The second-order valence-electron chi connectivity index (χ2n) is 9.75. The van der Waals surface area contributed by atoms with Crippen LogP contribution in [0.5, 0.6) is 11.5 Å². The van der Waals surface area contributed by atoms with Gasteiger partial charge in [-0.1, -0.05) is 36.4 Å². The number of para-hydroxylation sites is 1. The third kappa shape index (κ3) is 3.48. The molecule has 1 spiro atoms. The SMILES string of the molecule is COc1cc([C@H]2[C@H]([N+](=O)[O-])[C@]3(C(=O)Nc4ccccc43)N3CCC[C@@H]23)ccc1OCc1ccc(F)cc1. The van der Waals surface area contributed by atoms with Gasteiger partial charge in [0.15, 0.2) is 17.0 Å². The van der Waals surface area contributed by atoms with Crippen LogP contribution in [0.2, 0.25) is 0 Å². The maximum absolute atomic E-state index is 13.6. The van der Waals surface area contributed by atoms with Crippen LogP contribution in [-0.2, 0) is 16.9 Å². The van der Waals surface area contributed by atoms with Gasteiger partial charge in [0, 0.05) is 28.8 Å². The number of nitro groups is 1. The highest BCUT2D eigenvalue weighted by Gasteiger charge is 2.73. The summed E-state index contributed by atoms with van der Waals surface area (Å²) >= 11 is 0. The van der Waals surface area contributed by atoms with Crippen LogP contribution in [0.1, 0.15) is 35.4 Å². The molecular weight excluding hydrogens is 477 g/mol. The van der Waals surface area contributed by atoms with Crippen LogP contribution in [0.25, 0.3) is 0 Å². The molecule has 0 saturated carbocycles. The van der Waals surface area contributed by atoms with E-state index in [-0.39, 0.29) is 29.3 Å². The van der Waals surface area contributed by atoms with Crippen LogP contribution in [-0.4, -0.2) is 41.5 Å². The molecule has 0 aromatic heterocycles. The molecule has 3 aliphatic rings. The highest BCUT2D eigenvalue weighted by molar-refractivity contribution is 6.07. The minimum Gasteiger partial charge on any atom is -0.493 e. The van der Waals surface area contributed by atoms with E-state index in [9.17, 15) is 19.3 Å². The molecule has 2 fully saturated rings. The first-order valence-corrected chi connectivity index (χ1v) is 12.3. The topological polar surface area (TPSA) is 93.9 Å². The number of hydrogen-bond acceptors (Lipinski definition) is 6. The van der Waals surface area contributed by atoms with Gasteiger partial charge < -0.3 is 14.8 Å². The number of carbonyl (C=O) groups excluding carboxylic acids is 1. The van der Waals surface area contributed by atoms with Gasteiger partial charge in [0.05, 0.1) is 13.0 Å². The zero-order valence-electron chi connectivity index (χ0n) is 20.2. The van der Waals surface area contributed by atoms with E-state index in [1.165, 1.54) is 19.2 Å². The van der Waals surface area contributed by atoms with E-state index in [1.54, 1.807) is 30.3 Å². The molecule has 0 radical (unpaired) electrons. The molecular formula is C28H26FN3O5. The first kappa shape index (κ1) is 23.4. The van der Waals surface area contributed by atoms with Gasteiger partial charge in [0.25, 0.3) is 11.9 Å². The Kier molecular flexibility index (Phi) is 5.60. The van der Waals surface area contributed by atoms with Crippen molar-refractivity contribution in [2.45, 2.75) is 43.0 Å². The number of nitrogens with zero attached hydrogens (tertiary/aromatic N) is 2. The zero-order valence-corrected chi connectivity index (χ0v) is 20.2. The maximum Gasteiger partial charge on any atom is 0.256 e. The number of anilines is 1. The van der Waals surface area contributed by atoms with E-state index in [2.05, 4.69) is 10.2 Å². The van der Waals surface area contributed by atoms with E-state index < -0.39 is 17.5 Å².